The second-order valence-corrected chi connectivity index (χ2v) is 5.31. The third kappa shape index (κ3) is 2.30. The van der Waals surface area contributed by atoms with Crippen LogP contribution in [0.1, 0.15) is 49.1 Å². The van der Waals surface area contributed by atoms with Crippen molar-refractivity contribution in [3.8, 4) is 0 Å². The van der Waals surface area contributed by atoms with E-state index in [0.717, 1.165) is 24.4 Å². The average molecular weight is 245 g/mol. The molecule has 1 heterocycles. The van der Waals surface area contributed by atoms with Gasteiger partial charge in [-0.1, -0.05) is 20.8 Å². The number of rotatable bonds is 4. The molecule has 0 aliphatic carbocycles. The third-order valence-electron chi connectivity index (χ3n) is 3.53. The van der Waals surface area contributed by atoms with Crippen LogP contribution in [0.15, 0.2) is 16.5 Å². The first-order chi connectivity index (χ1) is 8.54. The van der Waals surface area contributed by atoms with Gasteiger partial charge in [0.25, 0.3) is 0 Å². The summed E-state index contributed by atoms with van der Waals surface area (Å²) in [5.41, 5.74) is 5.01. The highest BCUT2D eigenvalue weighted by Crippen LogP contribution is 2.33. The van der Waals surface area contributed by atoms with Gasteiger partial charge in [0, 0.05) is 10.9 Å². The third-order valence-corrected chi connectivity index (χ3v) is 3.53. The fourth-order valence-corrected chi connectivity index (χ4v) is 2.43. The maximum Gasteiger partial charge on any atom is 0.134 e. The number of hydrogen-bond donors (Lipinski definition) is 1. The molecule has 1 aromatic heterocycles. The average Bonchev–Trinajstić information content (AvgIpc) is 2.64. The Morgan fingerprint density at radius 1 is 1.17 bits per heavy atom. The van der Waals surface area contributed by atoms with Crippen molar-refractivity contribution >= 4 is 11.0 Å². The van der Waals surface area contributed by atoms with Crippen molar-refractivity contribution in [1.82, 2.24) is 5.32 Å². The zero-order chi connectivity index (χ0) is 13.3. The smallest absolute Gasteiger partial charge is 0.134 e. The van der Waals surface area contributed by atoms with E-state index in [9.17, 15) is 0 Å². The van der Waals surface area contributed by atoms with Crippen LogP contribution in [0.3, 0.4) is 0 Å². The maximum absolute atomic E-state index is 6.04. The highest BCUT2D eigenvalue weighted by atomic mass is 16.3. The summed E-state index contributed by atoms with van der Waals surface area (Å²) in [4.78, 5) is 0. The van der Waals surface area contributed by atoms with Crippen LogP contribution in [-0.4, -0.2) is 6.54 Å². The Bertz CT molecular complexity index is 552. The second kappa shape index (κ2) is 5.15. The summed E-state index contributed by atoms with van der Waals surface area (Å²) in [5.74, 6) is 1.58. The Hall–Kier alpha value is -1.28. The lowest BCUT2D eigenvalue weighted by Crippen LogP contribution is -2.12. The summed E-state index contributed by atoms with van der Waals surface area (Å²) in [6, 6.07) is 4.42. The zero-order valence-electron chi connectivity index (χ0n) is 12.1. The van der Waals surface area contributed by atoms with Crippen molar-refractivity contribution in [3.63, 3.8) is 0 Å². The fourth-order valence-electron chi connectivity index (χ4n) is 2.43. The molecule has 2 rings (SSSR count). The SMILES string of the molecule is CCNCc1oc2cc(C)c(C)cc2c1C(C)C. The minimum atomic E-state index is 0.488. The number of furan rings is 1. The summed E-state index contributed by atoms with van der Waals surface area (Å²) >= 11 is 0. The van der Waals surface area contributed by atoms with Gasteiger partial charge in [0.05, 0.1) is 6.54 Å². The van der Waals surface area contributed by atoms with E-state index in [4.69, 9.17) is 4.42 Å². The highest BCUT2D eigenvalue weighted by Gasteiger charge is 2.17. The summed E-state index contributed by atoms with van der Waals surface area (Å²) < 4.78 is 6.04. The molecule has 0 aliphatic rings. The van der Waals surface area contributed by atoms with Crippen molar-refractivity contribution in [2.24, 2.45) is 0 Å². The number of nitrogens with one attached hydrogen (secondary N) is 1. The van der Waals surface area contributed by atoms with Crippen LogP contribution < -0.4 is 5.32 Å². The van der Waals surface area contributed by atoms with Crippen LogP contribution >= 0.6 is 0 Å². The Morgan fingerprint density at radius 2 is 1.83 bits per heavy atom. The normalized spacial score (nSPS) is 11.7. The number of fused-ring (bicyclic) bond motifs is 1. The van der Waals surface area contributed by atoms with Crippen molar-refractivity contribution in [3.05, 3.63) is 34.6 Å². The van der Waals surface area contributed by atoms with Gasteiger partial charge >= 0.3 is 0 Å². The highest BCUT2D eigenvalue weighted by molar-refractivity contribution is 5.84. The molecule has 0 radical (unpaired) electrons. The predicted molar refractivity (Wildman–Crippen MR) is 77.2 cm³/mol. The summed E-state index contributed by atoms with van der Waals surface area (Å²) in [5, 5.41) is 4.63. The quantitative estimate of drug-likeness (QED) is 0.869. The molecule has 18 heavy (non-hydrogen) atoms. The van der Waals surface area contributed by atoms with Gasteiger partial charge in [0.2, 0.25) is 0 Å². The fraction of sp³-hybridized carbons (Fsp3) is 0.500. The monoisotopic (exact) mass is 245 g/mol. The Balaban J connectivity index is 2.60. The molecule has 0 fully saturated rings. The summed E-state index contributed by atoms with van der Waals surface area (Å²) in [6.45, 7) is 12.7. The van der Waals surface area contributed by atoms with E-state index in [2.05, 4.69) is 52.1 Å². The van der Waals surface area contributed by atoms with Crippen molar-refractivity contribution in [2.75, 3.05) is 6.54 Å². The molecule has 0 atom stereocenters. The minimum absolute atomic E-state index is 0.488. The lowest BCUT2D eigenvalue weighted by atomic mass is 9.97. The maximum atomic E-state index is 6.04. The largest absolute Gasteiger partial charge is 0.459 e. The summed E-state index contributed by atoms with van der Waals surface area (Å²) in [6.07, 6.45) is 0. The second-order valence-electron chi connectivity index (χ2n) is 5.31. The van der Waals surface area contributed by atoms with E-state index in [1.807, 2.05) is 0 Å². The van der Waals surface area contributed by atoms with Crippen molar-refractivity contribution in [1.29, 1.82) is 0 Å². The van der Waals surface area contributed by atoms with E-state index < -0.39 is 0 Å². The van der Waals surface area contributed by atoms with Crippen LogP contribution in [0.25, 0.3) is 11.0 Å². The van der Waals surface area contributed by atoms with Crippen LogP contribution in [0.4, 0.5) is 0 Å². The van der Waals surface area contributed by atoms with Crippen LogP contribution in [0.5, 0.6) is 0 Å². The van der Waals surface area contributed by atoms with Gasteiger partial charge in [-0.3, -0.25) is 0 Å². The number of hydrogen-bond acceptors (Lipinski definition) is 2. The molecule has 0 amide bonds. The molecule has 1 N–H and O–H groups in total. The topological polar surface area (TPSA) is 25.2 Å². The van der Waals surface area contributed by atoms with Gasteiger partial charge < -0.3 is 9.73 Å². The molecule has 0 unspecified atom stereocenters. The molecule has 0 bridgehead atoms. The standard InChI is InChI=1S/C16H23NO/c1-6-17-9-15-16(10(2)3)13-7-11(4)12(5)8-14(13)18-15/h7-8,10,17H,6,9H2,1-5H3. The molecule has 2 nitrogen and oxygen atoms in total. The first kappa shape index (κ1) is 13.2. The molecule has 2 aromatic rings. The molecule has 2 heteroatoms. The van der Waals surface area contributed by atoms with Gasteiger partial charge in [0.1, 0.15) is 11.3 Å². The molecule has 0 saturated carbocycles. The van der Waals surface area contributed by atoms with E-state index >= 15 is 0 Å². The van der Waals surface area contributed by atoms with E-state index in [0.29, 0.717) is 5.92 Å². The van der Waals surface area contributed by atoms with Crippen LogP contribution in [0.2, 0.25) is 0 Å². The number of aryl methyl sites for hydroxylation is 2. The Labute approximate surface area is 109 Å². The van der Waals surface area contributed by atoms with E-state index in [1.54, 1.807) is 0 Å². The molecular formula is C16H23NO. The van der Waals surface area contributed by atoms with E-state index in [1.165, 1.54) is 22.1 Å². The Morgan fingerprint density at radius 3 is 2.44 bits per heavy atom. The zero-order valence-corrected chi connectivity index (χ0v) is 12.1. The summed E-state index contributed by atoms with van der Waals surface area (Å²) in [7, 11) is 0. The van der Waals surface area contributed by atoms with Gasteiger partial charge in [-0.05, 0) is 49.6 Å². The van der Waals surface area contributed by atoms with Crippen LogP contribution in [-0.2, 0) is 6.54 Å². The van der Waals surface area contributed by atoms with Gasteiger partial charge in [-0.15, -0.1) is 0 Å². The number of benzene rings is 1. The van der Waals surface area contributed by atoms with Crippen molar-refractivity contribution < 1.29 is 4.42 Å². The molecule has 0 saturated heterocycles. The van der Waals surface area contributed by atoms with Crippen molar-refractivity contribution in [2.45, 2.75) is 47.1 Å². The first-order valence-corrected chi connectivity index (χ1v) is 6.77. The molecule has 0 aliphatic heterocycles. The molecular weight excluding hydrogens is 222 g/mol. The lowest BCUT2D eigenvalue weighted by molar-refractivity contribution is 0.510. The Kier molecular flexibility index (Phi) is 3.76. The predicted octanol–water partition coefficient (Wildman–Crippen LogP) is 4.28. The molecule has 0 spiro atoms. The minimum Gasteiger partial charge on any atom is -0.459 e. The van der Waals surface area contributed by atoms with Crippen LogP contribution in [0, 0.1) is 13.8 Å². The van der Waals surface area contributed by atoms with Gasteiger partial charge in [-0.25, -0.2) is 0 Å². The molecule has 1 aromatic carbocycles. The van der Waals surface area contributed by atoms with Gasteiger partial charge in [0.15, 0.2) is 0 Å². The van der Waals surface area contributed by atoms with E-state index in [-0.39, 0.29) is 0 Å². The van der Waals surface area contributed by atoms with Gasteiger partial charge in [-0.2, -0.15) is 0 Å². The lowest BCUT2D eigenvalue weighted by Gasteiger charge is -2.07. The molecule has 98 valence electrons. The first-order valence-electron chi connectivity index (χ1n) is 6.77.